The zero-order valence-corrected chi connectivity index (χ0v) is 10.1. The first-order valence-electron chi connectivity index (χ1n) is 6.21. The van der Waals surface area contributed by atoms with E-state index in [0.717, 1.165) is 25.7 Å². The molecule has 0 aromatic carbocycles. The molecule has 2 aliphatic rings. The zero-order valence-electron chi connectivity index (χ0n) is 10.1. The summed E-state index contributed by atoms with van der Waals surface area (Å²) in [6, 6.07) is 0. The third-order valence-electron chi connectivity index (χ3n) is 3.40. The normalized spacial score (nSPS) is 20.2. The van der Waals surface area contributed by atoms with Crippen LogP contribution in [0.5, 0.6) is 0 Å². The molecule has 18 heavy (non-hydrogen) atoms. The van der Waals surface area contributed by atoms with Crippen LogP contribution in [-0.2, 0) is 9.59 Å². The Kier molecular flexibility index (Phi) is 3.65. The van der Waals surface area contributed by atoms with Crippen molar-refractivity contribution in [1.29, 1.82) is 0 Å². The van der Waals surface area contributed by atoms with Crippen molar-refractivity contribution in [1.82, 2.24) is 0 Å². The van der Waals surface area contributed by atoms with Crippen LogP contribution in [-0.4, -0.2) is 22.2 Å². The molecule has 0 atom stereocenters. The Morgan fingerprint density at radius 3 is 1.44 bits per heavy atom. The first-order chi connectivity index (χ1) is 8.61. The minimum atomic E-state index is -1.13. The fraction of sp³-hybridized carbons (Fsp3) is 0.429. The summed E-state index contributed by atoms with van der Waals surface area (Å²) in [5.41, 5.74) is 1.33. The fourth-order valence-corrected chi connectivity index (χ4v) is 2.61. The van der Waals surface area contributed by atoms with Crippen molar-refractivity contribution in [2.45, 2.75) is 38.5 Å². The van der Waals surface area contributed by atoms with E-state index < -0.39 is 11.9 Å². The Hall–Kier alpha value is -1.84. The minimum Gasteiger partial charge on any atom is -0.478 e. The van der Waals surface area contributed by atoms with Gasteiger partial charge in [-0.25, -0.2) is 9.59 Å². The number of allylic oxidation sites excluding steroid dienone is 2. The second kappa shape index (κ2) is 5.21. The van der Waals surface area contributed by atoms with Crippen molar-refractivity contribution >= 4 is 11.9 Å². The van der Waals surface area contributed by atoms with E-state index in [4.69, 9.17) is 0 Å². The molecule has 4 nitrogen and oxygen atoms in total. The standard InChI is InChI=1S/C14H16O4/c15-13(16)11(9-5-1-2-6-9)12(14(17)18)10-7-3-4-8-10/h5,7H,1-4,6,8H2,(H,15,16)(H,17,18). The summed E-state index contributed by atoms with van der Waals surface area (Å²) in [6.45, 7) is 0. The van der Waals surface area contributed by atoms with Crippen LogP contribution in [0, 0.1) is 0 Å². The van der Waals surface area contributed by atoms with Gasteiger partial charge in [0.25, 0.3) is 0 Å². The van der Waals surface area contributed by atoms with Gasteiger partial charge in [0.15, 0.2) is 0 Å². The van der Waals surface area contributed by atoms with E-state index >= 15 is 0 Å². The molecule has 0 aromatic rings. The highest BCUT2D eigenvalue weighted by atomic mass is 16.4. The van der Waals surface area contributed by atoms with Crippen molar-refractivity contribution in [3.8, 4) is 0 Å². The van der Waals surface area contributed by atoms with Gasteiger partial charge in [-0.3, -0.25) is 0 Å². The molecular weight excluding hydrogens is 232 g/mol. The van der Waals surface area contributed by atoms with Gasteiger partial charge in [-0.1, -0.05) is 12.2 Å². The first kappa shape index (κ1) is 12.6. The maximum absolute atomic E-state index is 11.4. The molecule has 0 fully saturated rings. The van der Waals surface area contributed by atoms with E-state index in [9.17, 15) is 19.8 Å². The molecule has 0 aromatic heterocycles. The molecule has 0 bridgehead atoms. The first-order valence-corrected chi connectivity index (χ1v) is 6.21. The average molecular weight is 248 g/mol. The minimum absolute atomic E-state index is 0.00634. The van der Waals surface area contributed by atoms with Crippen molar-refractivity contribution in [3.05, 3.63) is 34.4 Å². The lowest BCUT2D eigenvalue weighted by atomic mass is 9.93. The molecule has 0 unspecified atom stereocenters. The highest BCUT2D eigenvalue weighted by Gasteiger charge is 2.28. The number of hydrogen-bond donors (Lipinski definition) is 2. The summed E-state index contributed by atoms with van der Waals surface area (Å²) in [6.07, 6.45) is 8.48. The predicted molar refractivity (Wildman–Crippen MR) is 66.2 cm³/mol. The Bertz CT molecular complexity index is 436. The van der Waals surface area contributed by atoms with E-state index in [-0.39, 0.29) is 11.1 Å². The van der Waals surface area contributed by atoms with Gasteiger partial charge < -0.3 is 10.2 Å². The van der Waals surface area contributed by atoms with Crippen molar-refractivity contribution in [2.75, 3.05) is 0 Å². The predicted octanol–water partition coefficient (Wildman–Crippen LogP) is 2.67. The number of carboxylic acids is 2. The van der Waals surface area contributed by atoms with E-state index in [0.29, 0.717) is 24.0 Å². The topological polar surface area (TPSA) is 74.6 Å². The summed E-state index contributed by atoms with van der Waals surface area (Å²) in [4.78, 5) is 22.8. The molecule has 4 heteroatoms. The molecule has 0 saturated heterocycles. The third kappa shape index (κ3) is 2.37. The van der Waals surface area contributed by atoms with E-state index in [2.05, 4.69) is 0 Å². The van der Waals surface area contributed by atoms with Crippen molar-refractivity contribution in [2.24, 2.45) is 0 Å². The maximum atomic E-state index is 11.4. The number of carbonyl (C=O) groups is 2. The number of rotatable bonds is 4. The SMILES string of the molecule is O=C(O)C(C1=CCCC1)=C(C(=O)O)C1=CCCC1. The molecule has 96 valence electrons. The molecule has 2 aliphatic carbocycles. The summed E-state index contributed by atoms with van der Waals surface area (Å²) in [5, 5.41) is 18.6. The molecular formula is C14H16O4. The van der Waals surface area contributed by atoms with Crippen LogP contribution < -0.4 is 0 Å². The monoisotopic (exact) mass is 248 g/mol. The fourth-order valence-electron chi connectivity index (χ4n) is 2.61. The van der Waals surface area contributed by atoms with Crippen LogP contribution in [0.2, 0.25) is 0 Å². The molecule has 0 radical (unpaired) electrons. The number of aliphatic carboxylic acids is 2. The smallest absolute Gasteiger partial charge is 0.336 e. The van der Waals surface area contributed by atoms with E-state index in [1.807, 2.05) is 12.2 Å². The molecule has 2 N–H and O–H groups in total. The second-order valence-electron chi connectivity index (χ2n) is 4.60. The molecule has 0 heterocycles. The Morgan fingerprint density at radius 1 is 0.833 bits per heavy atom. The van der Waals surface area contributed by atoms with Gasteiger partial charge >= 0.3 is 11.9 Å². The summed E-state index contributed by atoms with van der Waals surface area (Å²) < 4.78 is 0. The lowest BCUT2D eigenvalue weighted by Gasteiger charge is -2.11. The van der Waals surface area contributed by atoms with Crippen LogP contribution in [0.1, 0.15) is 38.5 Å². The third-order valence-corrected chi connectivity index (χ3v) is 3.40. The van der Waals surface area contributed by atoms with Crippen molar-refractivity contribution < 1.29 is 19.8 Å². The van der Waals surface area contributed by atoms with Crippen LogP contribution >= 0.6 is 0 Å². The van der Waals surface area contributed by atoms with Gasteiger partial charge in [-0.2, -0.15) is 0 Å². The Morgan fingerprint density at radius 2 is 1.22 bits per heavy atom. The maximum Gasteiger partial charge on any atom is 0.336 e. The van der Waals surface area contributed by atoms with Gasteiger partial charge in [-0.15, -0.1) is 0 Å². The molecule has 0 aliphatic heterocycles. The summed E-state index contributed by atoms with van der Waals surface area (Å²) in [5.74, 6) is -2.26. The summed E-state index contributed by atoms with van der Waals surface area (Å²) in [7, 11) is 0. The van der Waals surface area contributed by atoms with Gasteiger partial charge in [0.2, 0.25) is 0 Å². The molecule has 0 saturated carbocycles. The van der Waals surface area contributed by atoms with Gasteiger partial charge in [0.05, 0.1) is 11.1 Å². The van der Waals surface area contributed by atoms with Crippen LogP contribution in [0.4, 0.5) is 0 Å². The van der Waals surface area contributed by atoms with E-state index in [1.54, 1.807) is 0 Å². The average Bonchev–Trinajstić information content (AvgIpc) is 2.97. The lowest BCUT2D eigenvalue weighted by Crippen LogP contribution is -2.14. The summed E-state index contributed by atoms with van der Waals surface area (Å²) >= 11 is 0. The number of carboxylic acid groups (broad SMARTS) is 2. The van der Waals surface area contributed by atoms with Crippen LogP contribution in [0.15, 0.2) is 34.4 Å². The highest BCUT2D eigenvalue weighted by Crippen LogP contribution is 2.33. The van der Waals surface area contributed by atoms with Gasteiger partial charge in [0, 0.05) is 0 Å². The van der Waals surface area contributed by atoms with Gasteiger partial charge in [0.1, 0.15) is 0 Å². The highest BCUT2D eigenvalue weighted by molar-refractivity contribution is 6.05. The van der Waals surface area contributed by atoms with E-state index in [1.165, 1.54) is 0 Å². The quantitative estimate of drug-likeness (QED) is 0.750. The van der Waals surface area contributed by atoms with Crippen LogP contribution in [0.25, 0.3) is 0 Å². The molecule has 2 rings (SSSR count). The molecule has 0 spiro atoms. The Balaban J connectivity index is 2.53. The van der Waals surface area contributed by atoms with Crippen molar-refractivity contribution in [3.63, 3.8) is 0 Å². The number of hydrogen-bond acceptors (Lipinski definition) is 2. The second-order valence-corrected chi connectivity index (χ2v) is 4.60. The van der Waals surface area contributed by atoms with Gasteiger partial charge in [-0.05, 0) is 49.7 Å². The lowest BCUT2D eigenvalue weighted by molar-refractivity contribution is -0.135. The van der Waals surface area contributed by atoms with Crippen LogP contribution in [0.3, 0.4) is 0 Å². The Labute approximate surface area is 105 Å². The molecule has 0 amide bonds. The zero-order chi connectivity index (χ0) is 13.1. The largest absolute Gasteiger partial charge is 0.478 e.